The van der Waals surface area contributed by atoms with Crippen LogP contribution in [0.25, 0.3) is 22.2 Å². The largest absolute Gasteiger partial charge is 0.397 e. The first-order chi connectivity index (χ1) is 14.3. The summed E-state index contributed by atoms with van der Waals surface area (Å²) in [6, 6.07) is 4.84. The minimum absolute atomic E-state index is 0.197. The van der Waals surface area contributed by atoms with Crippen LogP contribution in [0, 0.1) is 0 Å². The van der Waals surface area contributed by atoms with Crippen molar-refractivity contribution in [3.63, 3.8) is 0 Å². The van der Waals surface area contributed by atoms with Crippen LogP contribution < -0.4 is 10.6 Å². The third-order valence-corrected chi connectivity index (χ3v) is 4.14. The summed E-state index contributed by atoms with van der Waals surface area (Å²) in [6.07, 6.45) is 0.327. The van der Waals surface area contributed by atoms with Gasteiger partial charge in [0, 0.05) is 30.4 Å². The fraction of sp³-hybridized carbons (Fsp3) is 0.167. The summed E-state index contributed by atoms with van der Waals surface area (Å²) in [5.74, 6) is -0.809. The molecule has 0 aliphatic carbocycles. The van der Waals surface area contributed by atoms with Crippen molar-refractivity contribution in [2.45, 2.75) is 12.6 Å². The molecule has 0 fully saturated rings. The number of aromatic amines is 1. The zero-order valence-corrected chi connectivity index (χ0v) is 15.5. The minimum atomic E-state index is -4.59. The van der Waals surface area contributed by atoms with Crippen LogP contribution in [-0.2, 0) is 11.8 Å². The van der Waals surface area contributed by atoms with Crippen molar-refractivity contribution in [1.82, 2.24) is 29.9 Å². The van der Waals surface area contributed by atoms with Crippen molar-refractivity contribution in [2.24, 2.45) is 7.05 Å². The maximum Gasteiger partial charge on any atom is 0.397 e. The number of aryl methyl sites for hydroxylation is 1. The number of hydrogen-bond donors (Lipinski definition) is 3. The number of amides is 1. The van der Waals surface area contributed by atoms with Crippen LogP contribution in [0.15, 0.2) is 43.0 Å². The molecule has 0 unspecified atom stereocenters. The molecular formula is C18H15F3N8O. The number of nitrogens with one attached hydrogen (secondary N) is 3. The third-order valence-electron chi connectivity index (χ3n) is 4.14. The van der Waals surface area contributed by atoms with E-state index in [1.54, 1.807) is 42.5 Å². The predicted molar refractivity (Wildman–Crippen MR) is 103 cm³/mol. The predicted octanol–water partition coefficient (Wildman–Crippen LogP) is 3.39. The van der Waals surface area contributed by atoms with Gasteiger partial charge in [0.2, 0.25) is 11.9 Å². The summed E-state index contributed by atoms with van der Waals surface area (Å²) < 4.78 is 38.9. The molecule has 3 aromatic heterocycles. The van der Waals surface area contributed by atoms with Crippen LogP contribution in [-0.4, -0.2) is 42.0 Å². The Morgan fingerprint density at radius 1 is 1.23 bits per heavy atom. The van der Waals surface area contributed by atoms with Crippen LogP contribution in [0.5, 0.6) is 0 Å². The zero-order valence-electron chi connectivity index (χ0n) is 15.5. The summed E-state index contributed by atoms with van der Waals surface area (Å²) in [6.45, 7) is 0. The Kier molecular flexibility index (Phi) is 4.82. The highest BCUT2D eigenvalue weighted by Crippen LogP contribution is 2.32. The Labute approximate surface area is 167 Å². The molecule has 0 radical (unpaired) electrons. The van der Waals surface area contributed by atoms with Gasteiger partial charge in [-0.3, -0.25) is 14.6 Å². The summed E-state index contributed by atoms with van der Waals surface area (Å²) in [5.41, 5.74) is 2.54. The molecule has 1 aromatic carbocycles. The van der Waals surface area contributed by atoms with E-state index in [1.165, 1.54) is 12.3 Å². The van der Waals surface area contributed by atoms with E-state index >= 15 is 0 Å². The van der Waals surface area contributed by atoms with Crippen LogP contribution in [0.1, 0.15) is 6.42 Å². The van der Waals surface area contributed by atoms with E-state index in [9.17, 15) is 18.0 Å². The second-order valence-corrected chi connectivity index (χ2v) is 6.45. The molecule has 1 amide bonds. The van der Waals surface area contributed by atoms with E-state index in [2.05, 4.69) is 35.9 Å². The number of carbonyl (C=O) groups excluding carboxylic acids is 1. The van der Waals surface area contributed by atoms with Crippen molar-refractivity contribution < 1.29 is 18.0 Å². The Morgan fingerprint density at radius 2 is 2.07 bits per heavy atom. The fourth-order valence-corrected chi connectivity index (χ4v) is 2.92. The molecule has 4 aromatic rings. The lowest BCUT2D eigenvalue weighted by Gasteiger charge is -2.11. The van der Waals surface area contributed by atoms with Gasteiger partial charge in [0.05, 0.1) is 35.0 Å². The van der Waals surface area contributed by atoms with Crippen molar-refractivity contribution in [2.75, 3.05) is 10.6 Å². The maximum atomic E-state index is 12.4. The van der Waals surface area contributed by atoms with Crippen LogP contribution in [0.2, 0.25) is 0 Å². The second-order valence-electron chi connectivity index (χ2n) is 6.45. The standard InChI is InChI=1S/C18H15F3N8O/c1-29-9-10(7-24-29)25-17-22-5-4-13(27-17)11-2-3-14(16-12(11)8-23-28-16)26-15(30)6-18(19,20)21/h2-5,7-9H,6H2,1H3,(H,23,28)(H,26,30)(H,22,25,27). The second kappa shape index (κ2) is 7.46. The molecule has 0 aliphatic heterocycles. The van der Waals surface area contributed by atoms with Gasteiger partial charge < -0.3 is 10.6 Å². The highest BCUT2D eigenvalue weighted by molar-refractivity contribution is 6.05. The maximum absolute atomic E-state index is 12.4. The molecule has 4 rings (SSSR count). The number of rotatable bonds is 5. The van der Waals surface area contributed by atoms with Gasteiger partial charge in [0.15, 0.2) is 0 Å². The van der Waals surface area contributed by atoms with Crippen molar-refractivity contribution in [3.8, 4) is 11.3 Å². The topological polar surface area (TPSA) is 113 Å². The summed E-state index contributed by atoms with van der Waals surface area (Å²) in [4.78, 5) is 20.3. The molecule has 3 heterocycles. The molecule has 12 heteroatoms. The Morgan fingerprint density at radius 3 is 2.80 bits per heavy atom. The number of anilines is 3. The molecule has 30 heavy (non-hydrogen) atoms. The van der Waals surface area contributed by atoms with Gasteiger partial charge in [0.25, 0.3) is 0 Å². The molecule has 0 atom stereocenters. The Balaban J connectivity index is 1.63. The summed E-state index contributed by atoms with van der Waals surface area (Å²) in [7, 11) is 1.78. The lowest BCUT2D eigenvalue weighted by atomic mass is 10.1. The number of hydrogen-bond acceptors (Lipinski definition) is 6. The smallest absolute Gasteiger partial charge is 0.324 e. The van der Waals surface area contributed by atoms with Crippen molar-refractivity contribution in [1.29, 1.82) is 0 Å². The number of fused-ring (bicyclic) bond motifs is 1. The highest BCUT2D eigenvalue weighted by Gasteiger charge is 2.31. The number of benzene rings is 1. The minimum Gasteiger partial charge on any atom is -0.324 e. The molecular weight excluding hydrogens is 401 g/mol. The molecule has 154 valence electrons. The zero-order chi connectivity index (χ0) is 21.3. The number of aromatic nitrogens is 6. The van der Waals surface area contributed by atoms with E-state index in [0.717, 1.165) is 0 Å². The van der Waals surface area contributed by atoms with Crippen LogP contribution in [0.3, 0.4) is 0 Å². The van der Waals surface area contributed by atoms with Crippen LogP contribution in [0.4, 0.5) is 30.5 Å². The lowest BCUT2D eigenvalue weighted by molar-refractivity contribution is -0.150. The number of alkyl halides is 3. The normalized spacial score (nSPS) is 11.6. The average Bonchev–Trinajstić information content (AvgIpc) is 3.30. The first-order valence-corrected chi connectivity index (χ1v) is 8.70. The molecule has 0 aliphatic rings. The van der Waals surface area contributed by atoms with Gasteiger partial charge in [-0.05, 0) is 18.2 Å². The van der Waals surface area contributed by atoms with E-state index in [0.29, 0.717) is 33.8 Å². The first-order valence-electron chi connectivity index (χ1n) is 8.70. The monoisotopic (exact) mass is 416 g/mol. The van der Waals surface area contributed by atoms with E-state index in [1.807, 2.05) is 0 Å². The average molecular weight is 416 g/mol. The van der Waals surface area contributed by atoms with Gasteiger partial charge in [0.1, 0.15) is 6.42 Å². The summed E-state index contributed by atoms with van der Waals surface area (Å²) >= 11 is 0. The quantitative estimate of drug-likeness (QED) is 0.460. The van der Waals surface area contributed by atoms with Crippen molar-refractivity contribution in [3.05, 3.63) is 43.0 Å². The SMILES string of the molecule is Cn1cc(Nc2nccc(-c3ccc(NC(=O)CC(F)(F)F)c4[nH]ncc34)n2)cn1. The Bertz CT molecular complexity index is 1210. The van der Waals surface area contributed by atoms with Gasteiger partial charge in [-0.2, -0.15) is 23.4 Å². The fourth-order valence-electron chi connectivity index (χ4n) is 2.92. The molecule has 0 spiro atoms. The molecule has 9 nitrogen and oxygen atoms in total. The Hall–Kier alpha value is -3.96. The first kappa shape index (κ1) is 19.4. The third kappa shape index (κ3) is 4.21. The molecule has 0 saturated heterocycles. The molecule has 3 N–H and O–H groups in total. The highest BCUT2D eigenvalue weighted by atomic mass is 19.4. The number of halogens is 3. The van der Waals surface area contributed by atoms with Crippen LogP contribution >= 0.6 is 0 Å². The van der Waals surface area contributed by atoms with Crippen molar-refractivity contribution >= 4 is 34.1 Å². The number of carbonyl (C=O) groups is 1. The van der Waals surface area contributed by atoms with Gasteiger partial charge in [-0.1, -0.05) is 0 Å². The van der Waals surface area contributed by atoms with Gasteiger partial charge in [-0.25, -0.2) is 9.97 Å². The van der Waals surface area contributed by atoms with Gasteiger partial charge in [-0.15, -0.1) is 0 Å². The number of H-pyrrole nitrogens is 1. The summed E-state index contributed by atoms with van der Waals surface area (Å²) in [5, 5.41) is 16.6. The number of nitrogens with zero attached hydrogens (tertiary/aromatic N) is 5. The molecule has 0 saturated carbocycles. The van der Waals surface area contributed by atoms with E-state index < -0.39 is 18.5 Å². The lowest BCUT2D eigenvalue weighted by Crippen LogP contribution is -2.21. The van der Waals surface area contributed by atoms with E-state index in [-0.39, 0.29) is 5.69 Å². The van der Waals surface area contributed by atoms with Gasteiger partial charge >= 0.3 is 6.18 Å². The van der Waals surface area contributed by atoms with E-state index in [4.69, 9.17) is 0 Å². The molecule has 0 bridgehead atoms.